The van der Waals surface area contributed by atoms with Gasteiger partial charge in [0.05, 0.1) is 6.61 Å². The van der Waals surface area contributed by atoms with E-state index in [1.54, 1.807) is 13.3 Å². The maximum absolute atomic E-state index is 5.19. The molecule has 0 saturated carbocycles. The number of halogens is 1. The van der Waals surface area contributed by atoms with Crippen molar-refractivity contribution >= 4 is 21.7 Å². The highest BCUT2D eigenvalue weighted by molar-refractivity contribution is 9.10. The molecule has 0 aliphatic rings. The SMILES string of the molecule is COCc1ccccc1CNc1ccc(Br)cn1. The molecule has 1 N–H and O–H groups in total. The standard InChI is InChI=1S/C14H15BrN2O/c1-18-10-12-5-3-2-4-11(12)8-16-14-7-6-13(15)9-17-14/h2-7,9H,8,10H2,1H3,(H,16,17). The monoisotopic (exact) mass is 306 g/mol. The van der Waals surface area contributed by atoms with Crippen molar-refractivity contribution in [2.24, 2.45) is 0 Å². The lowest BCUT2D eigenvalue weighted by Gasteiger charge is -2.10. The molecule has 2 rings (SSSR count). The predicted octanol–water partition coefficient (Wildman–Crippen LogP) is 3.60. The second-order valence-corrected chi connectivity index (χ2v) is 4.83. The van der Waals surface area contributed by atoms with E-state index in [-0.39, 0.29) is 0 Å². The van der Waals surface area contributed by atoms with E-state index in [4.69, 9.17) is 4.74 Å². The van der Waals surface area contributed by atoms with E-state index in [1.807, 2.05) is 24.3 Å². The van der Waals surface area contributed by atoms with Crippen LogP contribution in [0.15, 0.2) is 47.1 Å². The van der Waals surface area contributed by atoms with Gasteiger partial charge in [0, 0.05) is 24.3 Å². The number of pyridine rings is 1. The Kier molecular flexibility index (Phi) is 4.73. The van der Waals surface area contributed by atoms with Gasteiger partial charge in [0.15, 0.2) is 0 Å². The van der Waals surface area contributed by atoms with Gasteiger partial charge in [0.2, 0.25) is 0 Å². The number of rotatable bonds is 5. The number of nitrogens with one attached hydrogen (secondary N) is 1. The first-order valence-corrected chi connectivity index (χ1v) is 6.50. The van der Waals surface area contributed by atoms with Crippen LogP contribution in [0.2, 0.25) is 0 Å². The molecule has 1 aromatic heterocycles. The Morgan fingerprint density at radius 3 is 2.61 bits per heavy atom. The summed E-state index contributed by atoms with van der Waals surface area (Å²) < 4.78 is 6.17. The van der Waals surface area contributed by atoms with Crippen molar-refractivity contribution in [3.8, 4) is 0 Å². The molecule has 0 aliphatic carbocycles. The number of aromatic nitrogens is 1. The van der Waals surface area contributed by atoms with E-state index in [9.17, 15) is 0 Å². The highest BCUT2D eigenvalue weighted by Crippen LogP contribution is 2.14. The van der Waals surface area contributed by atoms with E-state index < -0.39 is 0 Å². The largest absolute Gasteiger partial charge is 0.380 e. The molecule has 0 amide bonds. The Morgan fingerprint density at radius 1 is 1.17 bits per heavy atom. The first-order chi connectivity index (χ1) is 8.79. The van der Waals surface area contributed by atoms with Crippen LogP contribution in [0.1, 0.15) is 11.1 Å². The van der Waals surface area contributed by atoms with Gasteiger partial charge in [0.1, 0.15) is 5.82 Å². The number of hydrogen-bond acceptors (Lipinski definition) is 3. The van der Waals surface area contributed by atoms with Crippen LogP contribution in [-0.4, -0.2) is 12.1 Å². The average molecular weight is 307 g/mol. The minimum Gasteiger partial charge on any atom is -0.380 e. The quantitative estimate of drug-likeness (QED) is 0.916. The van der Waals surface area contributed by atoms with Crippen molar-refractivity contribution in [2.75, 3.05) is 12.4 Å². The summed E-state index contributed by atoms with van der Waals surface area (Å²) in [6.45, 7) is 1.37. The number of ether oxygens (including phenoxy) is 1. The lowest BCUT2D eigenvalue weighted by atomic mass is 10.1. The Morgan fingerprint density at radius 2 is 1.94 bits per heavy atom. The second kappa shape index (κ2) is 6.52. The summed E-state index contributed by atoms with van der Waals surface area (Å²) in [7, 11) is 1.71. The highest BCUT2D eigenvalue weighted by Gasteiger charge is 2.01. The first-order valence-electron chi connectivity index (χ1n) is 5.71. The Labute approximate surface area is 115 Å². The summed E-state index contributed by atoms with van der Waals surface area (Å²) in [5.74, 6) is 0.866. The minimum absolute atomic E-state index is 0.631. The third kappa shape index (κ3) is 3.55. The second-order valence-electron chi connectivity index (χ2n) is 3.92. The molecule has 0 fully saturated rings. The van der Waals surface area contributed by atoms with E-state index in [0.29, 0.717) is 6.61 Å². The van der Waals surface area contributed by atoms with Gasteiger partial charge in [-0.25, -0.2) is 4.98 Å². The highest BCUT2D eigenvalue weighted by atomic mass is 79.9. The molecular weight excluding hydrogens is 292 g/mol. The fourth-order valence-electron chi connectivity index (χ4n) is 1.69. The van der Waals surface area contributed by atoms with Crippen LogP contribution < -0.4 is 5.32 Å². The molecule has 0 aliphatic heterocycles. The maximum Gasteiger partial charge on any atom is 0.126 e. The van der Waals surface area contributed by atoms with Gasteiger partial charge in [0.25, 0.3) is 0 Å². The van der Waals surface area contributed by atoms with Gasteiger partial charge in [-0.3, -0.25) is 0 Å². The summed E-state index contributed by atoms with van der Waals surface area (Å²) >= 11 is 3.37. The molecule has 2 aromatic rings. The topological polar surface area (TPSA) is 34.1 Å². The summed E-state index contributed by atoms with van der Waals surface area (Å²) in [5, 5.41) is 3.30. The summed E-state index contributed by atoms with van der Waals surface area (Å²) in [5.41, 5.74) is 2.42. The first kappa shape index (κ1) is 13.1. The molecule has 0 saturated heterocycles. The Balaban J connectivity index is 2.03. The van der Waals surface area contributed by atoms with E-state index in [1.165, 1.54) is 11.1 Å². The van der Waals surface area contributed by atoms with Gasteiger partial charge < -0.3 is 10.1 Å². The van der Waals surface area contributed by atoms with Crippen molar-refractivity contribution in [1.82, 2.24) is 4.98 Å². The number of hydrogen-bond donors (Lipinski definition) is 1. The molecule has 0 spiro atoms. The van der Waals surface area contributed by atoms with Crippen LogP contribution in [0.3, 0.4) is 0 Å². The molecule has 0 unspecified atom stereocenters. The molecule has 1 heterocycles. The predicted molar refractivity (Wildman–Crippen MR) is 76.4 cm³/mol. The maximum atomic E-state index is 5.19. The lowest BCUT2D eigenvalue weighted by molar-refractivity contribution is 0.184. The smallest absolute Gasteiger partial charge is 0.126 e. The van der Waals surface area contributed by atoms with Crippen molar-refractivity contribution in [3.05, 3.63) is 58.2 Å². The van der Waals surface area contributed by atoms with Gasteiger partial charge >= 0.3 is 0 Å². The van der Waals surface area contributed by atoms with Crippen LogP contribution in [0.5, 0.6) is 0 Å². The van der Waals surface area contributed by atoms with E-state index >= 15 is 0 Å². The Hall–Kier alpha value is -1.39. The number of methoxy groups -OCH3 is 1. The molecular formula is C14H15BrN2O. The molecule has 3 nitrogen and oxygen atoms in total. The molecule has 18 heavy (non-hydrogen) atoms. The van der Waals surface area contributed by atoms with Gasteiger partial charge in [-0.1, -0.05) is 24.3 Å². The Bertz CT molecular complexity index is 499. The van der Waals surface area contributed by atoms with Gasteiger partial charge in [-0.05, 0) is 39.2 Å². The zero-order valence-corrected chi connectivity index (χ0v) is 11.8. The van der Waals surface area contributed by atoms with E-state index in [0.717, 1.165) is 16.8 Å². The van der Waals surface area contributed by atoms with Crippen molar-refractivity contribution < 1.29 is 4.74 Å². The number of anilines is 1. The lowest BCUT2D eigenvalue weighted by Crippen LogP contribution is -2.04. The van der Waals surface area contributed by atoms with Crippen molar-refractivity contribution in [2.45, 2.75) is 13.2 Å². The van der Waals surface area contributed by atoms with Crippen LogP contribution in [0.25, 0.3) is 0 Å². The number of nitrogens with zero attached hydrogens (tertiary/aromatic N) is 1. The zero-order chi connectivity index (χ0) is 12.8. The van der Waals surface area contributed by atoms with Crippen molar-refractivity contribution in [3.63, 3.8) is 0 Å². The van der Waals surface area contributed by atoms with Crippen molar-refractivity contribution in [1.29, 1.82) is 0 Å². The molecule has 0 atom stereocenters. The fourth-order valence-corrected chi connectivity index (χ4v) is 1.93. The zero-order valence-electron chi connectivity index (χ0n) is 10.2. The average Bonchev–Trinajstić information content (AvgIpc) is 2.40. The van der Waals surface area contributed by atoms with Crippen LogP contribution >= 0.6 is 15.9 Å². The van der Waals surface area contributed by atoms with Gasteiger partial charge in [-0.15, -0.1) is 0 Å². The molecule has 94 valence electrons. The summed E-state index contributed by atoms with van der Waals surface area (Å²) in [6, 6.07) is 12.1. The molecule has 0 bridgehead atoms. The third-order valence-electron chi connectivity index (χ3n) is 2.61. The molecule has 1 aromatic carbocycles. The summed E-state index contributed by atoms with van der Waals surface area (Å²) in [6.07, 6.45) is 1.78. The van der Waals surface area contributed by atoms with Crippen LogP contribution in [0, 0.1) is 0 Å². The normalized spacial score (nSPS) is 10.3. The molecule has 4 heteroatoms. The molecule has 0 radical (unpaired) electrons. The summed E-state index contributed by atoms with van der Waals surface area (Å²) in [4.78, 5) is 4.28. The van der Waals surface area contributed by atoms with E-state index in [2.05, 4.69) is 38.4 Å². The van der Waals surface area contributed by atoms with Crippen LogP contribution in [0.4, 0.5) is 5.82 Å². The third-order valence-corrected chi connectivity index (χ3v) is 3.07. The fraction of sp³-hybridized carbons (Fsp3) is 0.214. The van der Waals surface area contributed by atoms with Gasteiger partial charge in [-0.2, -0.15) is 0 Å². The minimum atomic E-state index is 0.631. The van der Waals surface area contributed by atoms with Crippen LogP contribution in [-0.2, 0) is 17.9 Å². The number of benzene rings is 1.